The van der Waals surface area contributed by atoms with Crippen LogP contribution in [0.1, 0.15) is 39.3 Å². The first-order chi connectivity index (χ1) is 8.03. The molecule has 0 bridgehead atoms. The Balaban J connectivity index is 1.82. The van der Waals surface area contributed by atoms with Crippen molar-refractivity contribution >= 4 is 0 Å². The van der Waals surface area contributed by atoms with Crippen molar-refractivity contribution in [1.82, 2.24) is 14.9 Å². The molecule has 2 heterocycles. The van der Waals surface area contributed by atoms with Crippen LogP contribution in [0.25, 0.3) is 0 Å². The molecule has 0 spiro atoms. The van der Waals surface area contributed by atoms with E-state index in [9.17, 15) is 0 Å². The van der Waals surface area contributed by atoms with Crippen LogP contribution in [0.4, 0.5) is 0 Å². The number of nitrogens with zero attached hydrogens (tertiary/aromatic N) is 3. The summed E-state index contributed by atoms with van der Waals surface area (Å²) in [7, 11) is 0. The van der Waals surface area contributed by atoms with Crippen LogP contribution in [0.3, 0.4) is 0 Å². The number of rotatable bonds is 3. The molecule has 94 valence electrons. The van der Waals surface area contributed by atoms with Crippen LogP contribution < -0.4 is 0 Å². The third-order valence-electron chi connectivity index (χ3n) is 3.30. The Morgan fingerprint density at radius 1 is 1.41 bits per heavy atom. The van der Waals surface area contributed by atoms with Crippen molar-refractivity contribution in [3.05, 3.63) is 24.3 Å². The van der Waals surface area contributed by atoms with Crippen molar-refractivity contribution in [2.45, 2.75) is 40.2 Å². The lowest BCUT2D eigenvalue weighted by atomic mass is 9.84. The monoisotopic (exact) mass is 233 g/mol. The fraction of sp³-hybridized carbons (Fsp3) is 0.714. The predicted molar refractivity (Wildman–Crippen MR) is 69.5 cm³/mol. The Morgan fingerprint density at radius 2 is 2.24 bits per heavy atom. The summed E-state index contributed by atoms with van der Waals surface area (Å²) in [5.74, 6) is 0.858. The van der Waals surface area contributed by atoms with Gasteiger partial charge in [-0.15, -0.1) is 0 Å². The molecule has 1 atom stereocenters. The lowest BCUT2D eigenvalue weighted by Gasteiger charge is -2.23. The summed E-state index contributed by atoms with van der Waals surface area (Å²) in [6.45, 7) is 10.4. The molecule has 0 radical (unpaired) electrons. The van der Waals surface area contributed by atoms with Crippen LogP contribution in [0.2, 0.25) is 0 Å². The van der Waals surface area contributed by atoms with Crippen LogP contribution in [-0.2, 0) is 6.54 Å². The Kier molecular flexibility index (Phi) is 3.77. The Hall–Kier alpha value is -0.960. The molecular weight excluding hydrogens is 210 g/mol. The fourth-order valence-electron chi connectivity index (χ4n) is 2.73. The van der Waals surface area contributed by atoms with Gasteiger partial charge in [0.15, 0.2) is 0 Å². The van der Waals surface area contributed by atoms with E-state index in [0.717, 1.165) is 18.2 Å². The van der Waals surface area contributed by atoms with E-state index in [4.69, 9.17) is 0 Å². The standard InChI is InChI=1S/C14H23N3/c1-14(2,3)8-12-5-7-17(9-12)10-13-4-6-15-11-16-13/h4,6,11-12H,5,7-10H2,1-3H3. The smallest absolute Gasteiger partial charge is 0.115 e. The minimum atomic E-state index is 0.454. The van der Waals surface area contributed by atoms with Crippen molar-refractivity contribution in [3.8, 4) is 0 Å². The third-order valence-corrected chi connectivity index (χ3v) is 3.30. The van der Waals surface area contributed by atoms with E-state index in [0.29, 0.717) is 5.41 Å². The van der Waals surface area contributed by atoms with E-state index in [1.807, 2.05) is 12.3 Å². The van der Waals surface area contributed by atoms with Gasteiger partial charge in [-0.1, -0.05) is 20.8 Å². The second-order valence-corrected chi connectivity index (χ2v) is 6.36. The molecular formula is C14H23N3. The molecule has 0 aliphatic carbocycles. The first-order valence-corrected chi connectivity index (χ1v) is 6.50. The van der Waals surface area contributed by atoms with Gasteiger partial charge in [-0.3, -0.25) is 4.90 Å². The van der Waals surface area contributed by atoms with Crippen LogP contribution in [-0.4, -0.2) is 28.0 Å². The molecule has 1 aromatic heterocycles. The van der Waals surface area contributed by atoms with E-state index in [1.54, 1.807) is 6.33 Å². The zero-order chi connectivity index (χ0) is 12.3. The van der Waals surface area contributed by atoms with Gasteiger partial charge < -0.3 is 0 Å². The summed E-state index contributed by atoms with van der Waals surface area (Å²) >= 11 is 0. The van der Waals surface area contributed by atoms with Gasteiger partial charge in [0.1, 0.15) is 6.33 Å². The molecule has 1 aliphatic heterocycles. The van der Waals surface area contributed by atoms with Crippen molar-refractivity contribution in [2.24, 2.45) is 11.3 Å². The maximum atomic E-state index is 4.29. The van der Waals surface area contributed by atoms with E-state index in [-0.39, 0.29) is 0 Å². The van der Waals surface area contributed by atoms with Gasteiger partial charge in [0, 0.05) is 19.3 Å². The van der Waals surface area contributed by atoms with Crippen LogP contribution in [0.15, 0.2) is 18.6 Å². The number of hydrogen-bond donors (Lipinski definition) is 0. The molecule has 3 nitrogen and oxygen atoms in total. The molecule has 0 saturated carbocycles. The van der Waals surface area contributed by atoms with E-state index in [1.165, 1.54) is 25.9 Å². The molecule has 1 unspecified atom stereocenters. The lowest BCUT2D eigenvalue weighted by Crippen LogP contribution is -2.22. The summed E-state index contributed by atoms with van der Waals surface area (Å²) in [6, 6.07) is 2.01. The molecule has 0 N–H and O–H groups in total. The third kappa shape index (κ3) is 4.08. The molecule has 17 heavy (non-hydrogen) atoms. The highest BCUT2D eigenvalue weighted by atomic mass is 15.2. The minimum absolute atomic E-state index is 0.454. The molecule has 1 saturated heterocycles. The zero-order valence-corrected chi connectivity index (χ0v) is 11.2. The molecule has 1 fully saturated rings. The SMILES string of the molecule is CC(C)(C)CC1CCN(Cc2ccncn2)C1. The van der Waals surface area contributed by atoms with Crippen molar-refractivity contribution in [2.75, 3.05) is 13.1 Å². The van der Waals surface area contributed by atoms with Crippen LogP contribution in [0, 0.1) is 11.3 Å². The number of likely N-dealkylation sites (tertiary alicyclic amines) is 1. The first kappa shape index (κ1) is 12.5. The maximum Gasteiger partial charge on any atom is 0.115 e. The molecule has 2 rings (SSSR count). The van der Waals surface area contributed by atoms with Crippen molar-refractivity contribution in [1.29, 1.82) is 0 Å². The molecule has 1 aromatic rings. The second-order valence-electron chi connectivity index (χ2n) is 6.36. The molecule has 1 aliphatic rings. The van der Waals surface area contributed by atoms with E-state index < -0.39 is 0 Å². The highest BCUT2D eigenvalue weighted by molar-refractivity contribution is 4.98. The van der Waals surface area contributed by atoms with Gasteiger partial charge in [0.2, 0.25) is 0 Å². The lowest BCUT2D eigenvalue weighted by molar-refractivity contribution is 0.267. The average Bonchev–Trinajstić information content (AvgIpc) is 2.64. The Morgan fingerprint density at radius 3 is 2.88 bits per heavy atom. The van der Waals surface area contributed by atoms with Gasteiger partial charge in [-0.05, 0) is 36.8 Å². The summed E-state index contributed by atoms with van der Waals surface area (Å²) in [6.07, 6.45) is 6.12. The van der Waals surface area contributed by atoms with Crippen molar-refractivity contribution < 1.29 is 0 Å². The molecule has 0 aromatic carbocycles. The van der Waals surface area contributed by atoms with Crippen LogP contribution >= 0.6 is 0 Å². The summed E-state index contributed by atoms with van der Waals surface area (Å²) in [5.41, 5.74) is 1.59. The quantitative estimate of drug-likeness (QED) is 0.804. The average molecular weight is 233 g/mol. The highest BCUT2D eigenvalue weighted by Crippen LogP contribution is 2.30. The van der Waals surface area contributed by atoms with E-state index >= 15 is 0 Å². The molecule has 0 amide bonds. The number of aromatic nitrogens is 2. The molecule has 3 heteroatoms. The zero-order valence-electron chi connectivity index (χ0n) is 11.2. The summed E-state index contributed by atoms with van der Waals surface area (Å²) < 4.78 is 0. The van der Waals surface area contributed by atoms with E-state index in [2.05, 4.69) is 35.6 Å². The fourth-order valence-corrected chi connectivity index (χ4v) is 2.73. The highest BCUT2D eigenvalue weighted by Gasteiger charge is 2.26. The topological polar surface area (TPSA) is 29.0 Å². The van der Waals surface area contributed by atoms with Gasteiger partial charge in [0.25, 0.3) is 0 Å². The summed E-state index contributed by atoms with van der Waals surface area (Å²) in [5, 5.41) is 0. The van der Waals surface area contributed by atoms with Gasteiger partial charge in [-0.25, -0.2) is 9.97 Å². The van der Waals surface area contributed by atoms with Gasteiger partial charge >= 0.3 is 0 Å². The number of hydrogen-bond acceptors (Lipinski definition) is 3. The Labute approximate surface area is 104 Å². The van der Waals surface area contributed by atoms with Crippen molar-refractivity contribution in [3.63, 3.8) is 0 Å². The predicted octanol–water partition coefficient (Wildman–Crippen LogP) is 2.73. The largest absolute Gasteiger partial charge is 0.297 e. The van der Waals surface area contributed by atoms with Crippen LogP contribution in [0.5, 0.6) is 0 Å². The summed E-state index contributed by atoms with van der Waals surface area (Å²) in [4.78, 5) is 10.8. The normalized spacial score (nSPS) is 21.9. The van der Waals surface area contributed by atoms with Gasteiger partial charge in [0.05, 0.1) is 5.69 Å². The maximum absolute atomic E-state index is 4.29. The van der Waals surface area contributed by atoms with Gasteiger partial charge in [-0.2, -0.15) is 0 Å². The minimum Gasteiger partial charge on any atom is -0.297 e. The first-order valence-electron chi connectivity index (χ1n) is 6.50. The Bertz CT molecular complexity index is 342. The second kappa shape index (κ2) is 5.13.